The molecule has 6 nitrogen and oxygen atoms in total. The van der Waals surface area contributed by atoms with Crippen molar-refractivity contribution >= 4 is 29.3 Å². The summed E-state index contributed by atoms with van der Waals surface area (Å²) in [6.07, 6.45) is 1.02. The Kier molecular flexibility index (Phi) is 5.03. The Morgan fingerprint density at radius 1 is 1.48 bits per heavy atom. The molecule has 0 spiro atoms. The number of hydrogen-bond donors (Lipinski definition) is 3. The second kappa shape index (κ2) is 6.78. The Morgan fingerprint density at radius 2 is 2.24 bits per heavy atom. The summed E-state index contributed by atoms with van der Waals surface area (Å²) in [6, 6.07) is 3.77. The summed E-state index contributed by atoms with van der Waals surface area (Å²) in [6.45, 7) is 3.15. The van der Waals surface area contributed by atoms with Crippen LogP contribution < -0.4 is 10.6 Å². The van der Waals surface area contributed by atoms with Crippen molar-refractivity contribution in [1.29, 1.82) is 0 Å². The van der Waals surface area contributed by atoms with Gasteiger partial charge < -0.3 is 20.5 Å². The lowest BCUT2D eigenvalue weighted by Gasteiger charge is -2.15. The van der Waals surface area contributed by atoms with E-state index in [0.717, 1.165) is 6.42 Å². The number of benzene rings is 1. The zero-order valence-electron chi connectivity index (χ0n) is 11.6. The van der Waals surface area contributed by atoms with E-state index in [2.05, 4.69) is 10.6 Å². The average Bonchev–Trinajstić information content (AvgIpc) is 2.81. The molecule has 1 fully saturated rings. The van der Waals surface area contributed by atoms with Crippen LogP contribution in [-0.2, 0) is 4.74 Å². The van der Waals surface area contributed by atoms with Crippen LogP contribution in [0.25, 0.3) is 0 Å². The number of carbonyl (C=O) groups excluding carboxylic acids is 1. The Labute approximate surface area is 127 Å². The minimum absolute atomic E-state index is 0.00730. The third-order valence-electron chi connectivity index (χ3n) is 3.52. The highest BCUT2D eigenvalue weighted by molar-refractivity contribution is 6.31. The van der Waals surface area contributed by atoms with Gasteiger partial charge in [-0.2, -0.15) is 0 Å². The van der Waals surface area contributed by atoms with E-state index in [1.165, 1.54) is 18.2 Å². The summed E-state index contributed by atoms with van der Waals surface area (Å²) >= 11 is 5.82. The van der Waals surface area contributed by atoms with E-state index in [0.29, 0.717) is 18.2 Å². The van der Waals surface area contributed by atoms with Crippen LogP contribution in [-0.4, -0.2) is 36.4 Å². The first kappa shape index (κ1) is 15.6. The van der Waals surface area contributed by atoms with Gasteiger partial charge in [-0.1, -0.05) is 11.6 Å². The number of hydrogen-bond acceptors (Lipinski definition) is 3. The number of carbonyl (C=O) groups is 2. The summed E-state index contributed by atoms with van der Waals surface area (Å²) in [5.74, 6) is -0.853. The van der Waals surface area contributed by atoms with Gasteiger partial charge >= 0.3 is 12.0 Å². The summed E-state index contributed by atoms with van der Waals surface area (Å²) in [5, 5.41) is 14.7. The molecule has 114 valence electrons. The second-order valence-corrected chi connectivity index (χ2v) is 5.39. The van der Waals surface area contributed by atoms with Crippen LogP contribution >= 0.6 is 11.6 Å². The predicted molar refractivity (Wildman–Crippen MR) is 79.0 cm³/mol. The molecule has 0 bridgehead atoms. The van der Waals surface area contributed by atoms with Crippen LogP contribution in [0.5, 0.6) is 0 Å². The molecule has 21 heavy (non-hydrogen) atoms. The summed E-state index contributed by atoms with van der Waals surface area (Å²) in [5.41, 5.74) is 0.162. The van der Waals surface area contributed by atoms with E-state index in [1.807, 2.05) is 6.92 Å². The standard InChI is InChI=1S/C14H17ClN2O4/c1-8-9(4-5-21-8)7-16-14(20)17-12-6-10(15)2-3-11(12)13(18)19/h2-3,6,8-9H,4-5,7H2,1H3,(H,18,19)(H2,16,17,20). The third kappa shape index (κ3) is 4.09. The van der Waals surface area contributed by atoms with Crippen LogP contribution in [0.1, 0.15) is 23.7 Å². The molecule has 2 unspecified atom stereocenters. The fourth-order valence-electron chi connectivity index (χ4n) is 2.24. The third-order valence-corrected chi connectivity index (χ3v) is 3.75. The molecule has 1 aliphatic rings. The van der Waals surface area contributed by atoms with Gasteiger partial charge in [0.25, 0.3) is 0 Å². The van der Waals surface area contributed by atoms with Gasteiger partial charge in [-0.3, -0.25) is 0 Å². The Bertz CT molecular complexity index is 550. The van der Waals surface area contributed by atoms with Crippen molar-refractivity contribution in [3.05, 3.63) is 28.8 Å². The van der Waals surface area contributed by atoms with Gasteiger partial charge in [0.1, 0.15) is 0 Å². The number of nitrogens with one attached hydrogen (secondary N) is 2. The predicted octanol–water partition coefficient (Wildman–Crippen LogP) is 2.58. The highest BCUT2D eigenvalue weighted by Gasteiger charge is 2.24. The van der Waals surface area contributed by atoms with Gasteiger partial charge in [0, 0.05) is 24.1 Å². The summed E-state index contributed by atoms with van der Waals surface area (Å²) < 4.78 is 5.42. The van der Waals surface area contributed by atoms with E-state index < -0.39 is 12.0 Å². The molecule has 0 saturated carbocycles. The lowest BCUT2D eigenvalue weighted by atomic mass is 10.0. The van der Waals surface area contributed by atoms with Gasteiger partial charge in [0.2, 0.25) is 0 Å². The Balaban J connectivity index is 1.96. The molecule has 2 amide bonds. The Morgan fingerprint density at radius 3 is 2.86 bits per heavy atom. The van der Waals surface area contributed by atoms with E-state index >= 15 is 0 Å². The summed E-state index contributed by atoms with van der Waals surface area (Å²) in [4.78, 5) is 23.0. The molecule has 1 aromatic rings. The van der Waals surface area contributed by atoms with Gasteiger partial charge in [0.15, 0.2) is 0 Å². The SMILES string of the molecule is CC1OCCC1CNC(=O)Nc1cc(Cl)ccc1C(=O)O. The van der Waals surface area contributed by atoms with Crippen molar-refractivity contribution in [3.8, 4) is 0 Å². The molecule has 1 aromatic carbocycles. The Hall–Kier alpha value is -1.79. The molecule has 3 N–H and O–H groups in total. The van der Waals surface area contributed by atoms with Gasteiger partial charge in [-0.25, -0.2) is 9.59 Å². The molecule has 0 aliphatic carbocycles. The van der Waals surface area contributed by atoms with Crippen molar-refractivity contribution < 1.29 is 19.4 Å². The van der Waals surface area contributed by atoms with Gasteiger partial charge in [0.05, 0.1) is 17.4 Å². The van der Waals surface area contributed by atoms with Gasteiger partial charge in [-0.15, -0.1) is 0 Å². The number of anilines is 1. The lowest BCUT2D eigenvalue weighted by molar-refractivity contribution is 0.0698. The van der Waals surface area contributed by atoms with Crippen molar-refractivity contribution in [2.24, 2.45) is 5.92 Å². The maximum atomic E-state index is 11.9. The van der Waals surface area contributed by atoms with Crippen LogP contribution in [0.2, 0.25) is 5.02 Å². The highest BCUT2D eigenvalue weighted by atomic mass is 35.5. The molecule has 2 atom stereocenters. The fourth-order valence-corrected chi connectivity index (χ4v) is 2.41. The number of aromatic carboxylic acids is 1. The van der Waals surface area contributed by atoms with E-state index in [4.69, 9.17) is 21.4 Å². The lowest BCUT2D eigenvalue weighted by Crippen LogP contribution is -2.35. The second-order valence-electron chi connectivity index (χ2n) is 4.95. The topological polar surface area (TPSA) is 87.7 Å². The van der Waals surface area contributed by atoms with Crippen LogP contribution in [0, 0.1) is 5.92 Å². The number of urea groups is 1. The minimum atomic E-state index is -1.13. The quantitative estimate of drug-likeness (QED) is 0.797. The van der Waals surface area contributed by atoms with Crippen molar-refractivity contribution in [2.75, 3.05) is 18.5 Å². The largest absolute Gasteiger partial charge is 0.478 e. The first-order valence-electron chi connectivity index (χ1n) is 6.66. The van der Waals surface area contributed by atoms with Crippen LogP contribution in [0.4, 0.5) is 10.5 Å². The molecule has 1 aliphatic heterocycles. The van der Waals surface area contributed by atoms with Crippen molar-refractivity contribution in [3.63, 3.8) is 0 Å². The monoisotopic (exact) mass is 312 g/mol. The zero-order valence-corrected chi connectivity index (χ0v) is 12.3. The maximum Gasteiger partial charge on any atom is 0.337 e. The van der Waals surface area contributed by atoms with Crippen LogP contribution in [0.15, 0.2) is 18.2 Å². The van der Waals surface area contributed by atoms with Crippen LogP contribution in [0.3, 0.4) is 0 Å². The minimum Gasteiger partial charge on any atom is -0.478 e. The molecule has 1 saturated heterocycles. The number of carboxylic acids is 1. The summed E-state index contributed by atoms with van der Waals surface area (Å²) in [7, 11) is 0. The normalized spacial score (nSPS) is 21.0. The molecule has 0 aromatic heterocycles. The molecule has 1 heterocycles. The number of amides is 2. The zero-order chi connectivity index (χ0) is 15.4. The highest BCUT2D eigenvalue weighted by Crippen LogP contribution is 2.22. The molecular formula is C14H17ClN2O4. The molecule has 2 rings (SSSR count). The number of carboxylic acid groups (broad SMARTS) is 1. The van der Waals surface area contributed by atoms with Crippen molar-refractivity contribution in [2.45, 2.75) is 19.4 Å². The first-order valence-corrected chi connectivity index (χ1v) is 7.04. The van der Waals surface area contributed by atoms with E-state index in [-0.39, 0.29) is 23.3 Å². The smallest absolute Gasteiger partial charge is 0.337 e. The van der Waals surface area contributed by atoms with Gasteiger partial charge in [-0.05, 0) is 31.5 Å². The number of ether oxygens (including phenoxy) is 1. The van der Waals surface area contributed by atoms with Crippen molar-refractivity contribution in [1.82, 2.24) is 5.32 Å². The first-order chi connectivity index (χ1) is 9.97. The fraction of sp³-hybridized carbons (Fsp3) is 0.429. The molecule has 7 heteroatoms. The number of rotatable bonds is 4. The molecule has 0 radical (unpaired) electrons. The van der Waals surface area contributed by atoms with E-state index in [9.17, 15) is 9.59 Å². The molecular weight excluding hydrogens is 296 g/mol. The maximum absolute atomic E-state index is 11.9. The van der Waals surface area contributed by atoms with E-state index in [1.54, 1.807) is 0 Å². The number of halogens is 1. The average molecular weight is 313 g/mol.